The Balaban J connectivity index is 1.88. The number of anilines is 1. The van der Waals surface area contributed by atoms with Crippen molar-refractivity contribution < 1.29 is 9.90 Å². The number of phenols is 1. The highest BCUT2D eigenvalue weighted by Gasteiger charge is 2.14. The summed E-state index contributed by atoms with van der Waals surface area (Å²) >= 11 is 3.32. The van der Waals surface area contributed by atoms with Gasteiger partial charge < -0.3 is 10.4 Å². The van der Waals surface area contributed by atoms with Gasteiger partial charge in [-0.15, -0.1) is 10.2 Å². The second kappa shape index (κ2) is 5.94. The van der Waals surface area contributed by atoms with E-state index in [1.54, 1.807) is 28.8 Å². The molecule has 0 bridgehead atoms. The van der Waals surface area contributed by atoms with E-state index in [2.05, 4.69) is 36.4 Å². The number of nitrogens with one attached hydrogen (secondary N) is 1. The van der Waals surface area contributed by atoms with Gasteiger partial charge in [0.25, 0.3) is 5.91 Å². The Morgan fingerprint density at radius 1 is 1.09 bits per heavy atom. The molecule has 0 aliphatic rings. The lowest BCUT2D eigenvalue weighted by molar-refractivity contribution is 0.102. The minimum absolute atomic E-state index is 0.131. The fraction of sp³-hybridized carbons (Fsp3) is 0. The predicted molar refractivity (Wildman–Crippen MR) is 82.9 cm³/mol. The zero-order chi connectivity index (χ0) is 15.5. The van der Waals surface area contributed by atoms with Gasteiger partial charge in [0.05, 0.1) is 0 Å². The van der Waals surface area contributed by atoms with Crippen molar-refractivity contribution in [3.63, 3.8) is 0 Å². The van der Waals surface area contributed by atoms with E-state index in [4.69, 9.17) is 0 Å². The zero-order valence-electron chi connectivity index (χ0n) is 11.1. The fourth-order valence-electron chi connectivity index (χ4n) is 1.79. The van der Waals surface area contributed by atoms with Crippen molar-refractivity contribution in [1.29, 1.82) is 0 Å². The van der Waals surface area contributed by atoms with Gasteiger partial charge in [-0.1, -0.05) is 0 Å². The maximum absolute atomic E-state index is 12.3. The van der Waals surface area contributed by atoms with Crippen LogP contribution in [0.3, 0.4) is 0 Å². The van der Waals surface area contributed by atoms with Gasteiger partial charge in [0.15, 0.2) is 0 Å². The minimum atomic E-state index is -0.368. The Hall–Kier alpha value is -2.74. The molecule has 2 heterocycles. The Morgan fingerprint density at radius 3 is 2.45 bits per heavy atom. The van der Waals surface area contributed by atoms with Crippen LogP contribution in [0.4, 0.5) is 5.69 Å². The lowest BCUT2D eigenvalue weighted by atomic mass is 10.2. The van der Waals surface area contributed by atoms with Crippen molar-refractivity contribution in [3.8, 4) is 11.6 Å². The summed E-state index contributed by atoms with van der Waals surface area (Å²) in [7, 11) is 0. The van der Waals surface area contributed by atoms with Gasteiger partial charge in [-0.3, -0.25) is 9.36 Å². The molecule has 0 aliphatic carbocycles. The van der Waals surface area contributed by atoms with Gasteiger partial charge in [0.1, 0.15) is 29.9 Å². The van der Waals surface area contributed by atoms with E-state index in [1.165, 1.54) is 24.8 Å². The van der Waals surface area contributed by atoms with Crippen LogP contribution in [-0.2, 0) is 0 Å². The average molecular weight is 360 g/mol. The molecular weight excluding hydrogens is 350 g/mol. The summed E-state index contributed by atoms with van der Waals surface area (Å²) in [6, 6.07) is 9.66. The topological polar surface area (TPSA) is 92.9 Å². The van der Waals surface area contributed by atoms with Crippen molar-refractivity contribution in [1.82, 2.24) is 19.7 Å². The van der Waals surface area contributed by atoms with E-state index >= 15 is 0 Å². The molecule has 22 heavy (non-hydrogen) atoms. The summed E-state index contributed by atoms with van der Waals surface area (Å²) in [6.45, 7) is 0. The second-order valence-electron chi connectivity index (χ2n) is 4.37. The lowest BCUT2D eigenvalue weighted by Gasteiger charge is -2.08. The van der Waals surface area contributed by atoms with Crippen molar-refractivity contribution in [3.05, 3.63) is 59.2 Å². The Kier molecular flexibility index (Phi) is 3.84. The number of amides is 1. The van der Waals surface area contributed by atoms with Crippen LogP contribution < -0.4 is 5.32 Å². The van der Waals surface area contributed by atoms with E-state index in [0.717, 1.165) is 0 Å². The van der Waals surface area contributed by atoms with Gasteiger partial charge in [0.2, 0.25) is 0 Å². The van der Waals surface area contributed by atoms with Crippen molar-refractivity contribution >= 4 is 27.5 Å². The first-order chi connectivity index (χ1) is 10.6. The molecule has 0 fully saturated rings. The van der Waals surface area contributed by atoms with Crippen molar-refractivity contribution in [2.45, 2.75) is 0 Å². The highest BCUT2D eigenvalue weighted by Crippen LogP contribution is 2.19. The number of phenolic OH excluding ortho intramolecular Hbond substituents is 1. The highest BCUT2D eigenvalue weighted by molar-refractivity contribution is 9.10. The first kappa shape index (κ1) is 14.2. The predicted octanol–water partition coefficient (Wildman–Crippen LogP) is 2.38. The molecule has 0 unspecified atom stereocenters. The van der Waals surface area contributed by atoms with Crippen molar-refractivity contribution in [2.75, 3.05) is 5.32 Å². The first-order valence-corrected chi connectivity index (χ1v) is 7.05. The molecule has 2 aromatic heterocycles. The number of hydrogen-bond donors (Lipinski definition) is 2. The molecule has 8 heteroatoms. The smallest absolute Gasteiger partial charge is 0.275 e. The normalized spacial score (nSPS) is 10.4. The second-order valence-corrected chi connectivity index (χ2v) is 5.22. The number of pyridine rings is 1. The maximum Gasteiger partial charge on any atom is 0.275 e. The van der Waals surface area contributed by atoms with Gasteiger partial charge in [-0.2, -0.15) is 0 Å². The summed E-state index contributed by atoms with van der Waals surface area (Å²) < 4.78 is 2.17. The number of carbonyl (C=O) groups is 1. The minimum Gasteiger partial charge on any atom is -0.508 e. The van der Waals surface area contributed by atoms with Crippen LogP contribution in [0.5, 0.6) is 5.75 Å². The quantitative estimate of drug-likeness (QED) is 0.700. The number of aromatic nitrogens is 4. The lowest BCUT2D eigenvalue weighted by Crippen LogP contribution is -2.15. The molecule has 1 aromatic carbocycles. The van der Waals surface area contributed by atoms with Gasteiger partial charge in [-0.25, -0.2) is 4.98 Å². The molecule has 0 saturated carbocycles. The summed E-state index contributed by atoms with van der Waals surface area (Å²) in [5.41, 5.74) is 0.797. The van der Waals surface area contributed by atoms with Gasteiger partial charge in [0, 0.05) is 10.2 Å². The van der Waals surface area contributed by atoms with Crippen LogP contribution >= 0.6 is 15.9 Å². The van der Waals surface area contributed by atoms with E-state index in [1.807, 2.05) is 0 Å². The Labute approximate surface area is 133 Å². The molecule has 2 N–H and O–H groups in total. The van der Waals surface area contributed by atoms with E-state index in [-0.39, 0.29) is 17.4 Å². The molecule has 1 amide bonds. The summed E-state index contributed by atoms with van der Waals surface area (Å²) in [5.74, 6) is 0.295. The molecule has 0 spiro atoms. The molecule has 0 aliphatic heterocycles. The third kappa shape index (κ3) is 2.96. The summed E-state index contributed by atoms with van der Waals surface area (Å²) in [4.78, 5) is 16.6. The van der Waals surface area contributed by atoms with Crippen LogP contribution in [0.1, 0.15) is 10.5 Å². The molecule has 110 valence electrons. The molecule has 0 radical (unpaired) electrons. The van der Waals surface area contributed by atoms with E-state index in [0.29, 0.717) is 16.0 Å². The fourth-order valence-corrected chi connectivity index (χ4v) is 2.19. The van der Waals surface area contributed by atoms with Crippen LogP contribution in [0, 0.1) is 0 Å². The van der Waals surface area contributed by atoms with Crippen molar-refractivity contribution in [2.24, 2.45) is 0 Å². The largest absolute Gasteiger partial charge is 0.508 e. The van der Waals surface area contributed by atoms with Crippen LogP contribution in [-0.4, -0.2) is 30.8 Å². The number of benzene rings is 1. The van der Waals surface area contributed by atoms with Crippen LogP contribution in [0.15, 0.2) is 53.5 Å². The molecular formula is C14H10BrN5O2. The number of hydrogen-bond acceptors (Lipinski definition) is 5. The summed E-state index contributed by atoms with van der Waals surface area (Å²) in [5, 5.41) is 19.4. The Morgan fingerprint density at radius 2 is 1.77 bits per heavy atom. The number of halogens is 1. The third-order valence-electron chi connectivity index (χ3n) is 2.85. The van der Waals surface area contributed by atoms with E-state index in [9.17, 15) is 9.90 Å². The van der Waals surface area contributed by atoms with E-state index < -0.39 is 0 Å². The molecule has 0 saturated heterocycles. The van der Waals surface area contributed by atoms with Crippen LogP contribution in [0.25, 0.3) is 5.82 Å². The molecule has 3 rings (SSSR count). The number of nitrogens with zero attached hydrogens (tertiary/aromatic N) is 4. The monoisotopic (exact) mass is 359 g/mol. The number of carbonyl (C=O) groups excluding carboxylic acids is 1. The Bertz CT molecular complexity index is 803. The standard InChI is InChI=1S/C14H10BrN5O2/c15-11-5-6-12(20-7-16-17-8-20)19-13(11)14(22)18-9-1-3-10(21)4-2-9/h1-8,21H,(H,18,22). The highest BCUT2D eigenvalue weighted by atomic mass is 79.9. The first-order valence-electron chi connectivity index (χ1n) is 6.25. The van der Waals surface area contributed by atoms with Crippen LogP contribution in [0.2, 0.25) is 0 Å². The molecule has 7 nitrogen and oxygen atoms in total. The molecule has 3 aromatic rings. The number of rotatable bonds is 3. The third-order valence-corrected chi connectivity index (χ3v) is 3.49. The maximum atomic E-state index is 12.3. The SMILES string of the molecule is O=C(Nc1ccc(O)cc1)c1nc(-n2cnnc2)ccc1Br. The number of aromatic hydroxyl groups is 1. The summed E-state index contributed by atoms with van der Waals surface area (Å²) in [6.07, 6.45) is 3.00. The zero-order valence-corrected chi connectivity index (χ0v) is 12.7. The van der Waals surface area contributed by atoms with Gasteiger partial charge >= 0.3 is 0 Å². The molecule has 0 atom stereocenters. The van der Waals surface area contributed by atoms with Gasteiger partial charge in [-0.05, 0) is 52.3 Å². The average Bonchev–Trinajstić information content (AvgIpc) is 3.04.